The molecule has 3 rings (SSSR count). The van der Waals surface area contributed by atoms with Crippen molar-refractivity contribution in [3.63, 3.8) is 0 Å². The van der Waals surface area contributed by atoms with Crippen LogP contribution in [0.5, 0.6) is 17.2 Å². The number of aromatic nitrogens is 1. The SMILES string of the molecule is COc1cc(-c2c(C(=O)O)c(N)[nH]c(=O)c2C(=O)O)cc(Br)c1Oc1ccc([N+](=O)[O-])cc1[N+](=O)[O-]. The minimum Gasteiger partial charge on any atom is -0.493 e. The number of benzene rings is 2. The Kier molecular flexibility index (Phi) is 6.91. The summed E-state index contributed by atoms with van der Waals surface area (Å²) in [6.07, 6.45) is 0. The number of nitro groups is 2. The molecule has 0 aliphatic carbocycles. The molecule has 15 nitrogen and oxygen atoms in total. The van der Waals surface area contributed by atoms with Crippen LogP contribution in [-0.4, -0.2) is 44.1 Å². The highest BCUT2D eigenvalue weighted by molar-refractivity contribution is 9.10. The zero-order valence-corrected chi connectivity index (χ0v) is 19.4. The maximum absolute atomic E-state index is 12.3. The first kappa shape index (κ1) is 25.6. The van der Waals surface area contributed by atoms with Gasteiger partial charge in [0.25, 0.3) is 11.2 Å². The molecule has 2 aromatic carbocycles. The number of carboxylic acids is 2. The second kappa shape index (κ2) is 9.71. The first-order chi connectivity index (χ1) is 16.9. The second-order valence-corrected chi connectivity index (χ2v) is 7.72. The number of rotatable bonds is 8. The van der Waals surface area contributed by atoms with Crippen molar-refractivity contribution in [2.45, 2.75) is 0 Å². The summed E-state index contributed by atoms with van der Waals surface area (Å²) in [5, 5.41) is 41.6. The maximum atomic E-state index is 12.3. The van der Waals surface area contributed by atoms with E-state index in [1.54, 1.807) is 0 Å². The first-order valence-corrected chi connectivity index (χ1v) is 10.2. The van der Waals surface area contributed by atoms with Gasteiger partial charge in [-0.25, -0.2) is 9.59 Å². The van der Waals surface area contributed by atoms with Crippen LogP contribution in [0.15, 0.2) is 39.6 Å². The summed E-state index contributed by atoms with van der Waals surface area (Å²) in [5.74, 6) is -4.69. The predicted octanol–water partition coefficient (Wildman–Crippen LogP) is 3.40. The van der Waals surface area contributed by atoms with Crippen molar-refractivity contribution in [2.75, 3.05) is 12.8 Å². The summed E-state index contributed by atoms with van der Waals surface area (Å²) in [5.41, 5.74) is 0.949. The summed E-state index contributed by atoms with van der Waals surface area (Å²) >= 11 is 3.16. The molecule has 0 radical (unpaired) electrons. The Morgan fingerprint density at radius 1 is 1.03 bits per heavy atom. The number of H-pyrrole nitrogens is 1. The second-order valence-electron chi connectivity index (χ2n) is 6.86. The lowest BCUT2D eigenvalue weighted by atomic mass is 9.95. The molecule has 0 aliphatic heterocycles. The number of aromatic carboxylic acids is 2. The average Bonchev–Trinajstić information content (AvgIpc) is 2.78. The summed E-state index contributed by atoms with van der Waals surface area (Å²) in [7, 11) is 1.17. The van der Waals surface area contributed by atoms with Gasteiger partial charge in [-0.3, -0.25) is 25.0 Å². The zero-order chi connectivity index (χ0) is 26.9. The third-order valence-electron chi connectivity index (χ3n) is 4.75. The van der Waals surface area contributed by atoms with Gasteiger partial charge in [0.15, 0.2) is 11.5 Å². The van der Waals surface area contributed by atoms with E-state index in [9.17, 15) is 44.8 Å². The van der Waals surface area contributed by atoms with Crippen LogP contribution in [0, 0.1) is 20.2 Å². The Balaban J connectivity index is 2.27. The largest absolute Gasteiger partial charge is 0.493 e. The number of methoxy groups -OCH3 is 1. The van der Waals surface area contributed by atoms with Gasteiger partial charge in [-0.05, 0) is 39.7 Å². The number of nitrogen functional groups attached to an aromatic ring is 1. The molecule has 3 aromatic rings. The Morgan fingerprint density at radius 2 is 1.67 bits per heavy atom. The van der Waals surface area contributed by atoms with Crippen LogP contribution in [0.1, 0.15) is 20.7 Å². The summed E-state index contributed by atoms with van der Waals surface area (Å²) < 4.78 is 10.8. The van der Waals surface area contributed by atoms with Crippen molar-refractivity contribution in [3.8, 4) is 28.4 Å². The van der Waals surface area contributed by atoms with Gasteiger partial charge in [-0.1, -0.05) is 0 Å². The summed E-state index contributed by atoms with van der Waals surface area (Å²) in [6.45, 7) is 0. The number of hydrogen-bond acceptors (Lipinski definition) is 10. The van der Waals surface area contributed by atoms with Crippen molar-refractivity contribution in [2.24, 2.45) is 0 Å². The van der Waals surface area contributed by atoms with Crippen LogP contribution in [0.4, 0.5) is 17.2 Å². The van der Waals surface area contributed by atoms with Gasteiger partial charge in [0.2, 0.25) is 5.75 Å². The number of carboxylic acid groups (broad SMARTS) is 2. The molecule has 0 spiro atoms. The molecule has 0 aliphatic rings. The number of halogens is 1. The lowest BCUT2D eigenvalue weighted by Crippen LogP contribution is -2.24. The molecule has 0 bridgehead atoms. The molecule has 0 atom stereocenters. The van der Waals surface area contributed by atoms with Crippen LogP contribution in [0.25, 0.3) is 11.1 Å². The van der Waals surface area contributed by atoms with Gasteiger partial charge < -0.3 is 30.4 Å². The molecular formula is C20H13BrN4O11. The topological polar surface area (TPSA) is 238 Å². The highest BCUT2D eigenvalue weighted by Crippen LogP contribution is 2.45. The molecule has 0 saturated heterocycles. The molecule has 0 fully saturated rings. The van der Waals surface area contributed by atoms with E-state index in [4.69, 9.17) is 15.2 Å². The lowest BCUT2D eigenvalue weighted by molar-refractivity contribution is -0.394. The zero-order valence-electron chi connectivity index (χ0n) is 17.8. The number of non-ortho nitro benzene ring substituents is 1. The fourth-order valence-corrected chi connectivity index (χ4v) is 3.78. The van der Waals surface area contributed by atoms with Gasteiger partial charge in [-0.2, -0.15) is 0 Å². The smallest absolute Gasteiger partial charge is 0.342 e. The van der Waals surface area contributed by atoms with Crippen molar-refractivity contribution in [1.29, 1.82) is 0 Å². The van der Waals surface area contributed by atoms with E-state index in [0.29, 0.717) is 6.07 Å². The monoisotopic (exact) mass is 564 g/mol. The molecule has 0 amide bonds. The number of pyridine rings is 1. The van der Waals surface area contributed by atoms with Gasteiger partial charge in [0, 0.05) is 11.6 Å². The summed E-state index contributed by atoms with van der Waals surface area (Å²) in [4.78, 5) is 58.6. The van der Waals surface area contributed by atoms with Crippen molar-refractivity contribution in [3.05, 3.63) is 76.5 Å². The van der Waals surface area contributed by atoms with E-state index in [1.807, 2.05) is 4.98 Å². The molecule has 1 aromatic heterocycles. The number of nitrogens with zero attached hydrogens (tertiary/aromatic N) is 2. The van der Waals surface area contributed by atoms with Crippen LogP contribution < -0.4 is 20.8 Å². The Hall–Kier alpha value is -4.99. The number of aromatic amines is 1. The van der Waals surface area contributed by atoms with Crippen molar-refractivity contribution >= 4 is 45.1 Å². The van der Waals surface area contributed by atoms with E-state index in [0.717, 1.165) is 18.2 Å². The van der Waals surface area contributed by atoms with Crippen LogP contribution in [0.3, 0.4) is 0 Å². The van der Waals surface area contributed by atoms with Gasteiger partial charge in [0.1, 0.15) is 16.9 Å². The number of ether oxygens (including phenoxy) is 2. The maximum Gasteiger partial charge on any atom is 0.342 e. The average molecular weight is 565 g/mol. The minimum atomic E-state index is -1.73. The predicted molar refractivity (Wildman–Crippen MR) is 125 cm³/mol. The molecule has 0 saturated carbocycles. The highest BCUT2D eigenvalue weighted by Gasteiger charge is 2.29. The number of nitrogens with one attached hydrogen (secondary N) is 1. The Labute approximate surface area is 207 Å². The van der Waals surface area contributed by atoms with Crippen molar-refractivity contribution < 1.29 is 39.1 Å². The minimum absolute atomic E-state index is 0.00367. The first-order valence-electron chi connectivity index (χ1n) is 9.38. The van der Waals surface area contributed by atoms with Crippen LogP contribution in [0.2, 0.25) is 0 Å². The van der Waals surface area contributed by atoms with Gasteiger partial charge in [0.05, 0.1) is 27.5 Å². The number of carbonyl (C=O) groups is 2. The highest BCUT2D eigenvalue weighted by atomic mass is 79.9. The number of hydrogen-bond donors (Lipinski definition) is 4. The molecule has 5 N–H and O–H groups in total. The molecule has 1 heterocycles. The molecule has 16 heteroatoms. The van der Waals surface area contributed by atoms with Crippen LogP contribution in [-0.2, 0) is 0 Å². The third-order valence-corrected chi connectivity index (χ3v) is 5.34. The molecule has 36 heavy (non-hydrogen) atoms. The van der Waals surface area contributed by atoms with Gasteiger partial charge in [-0.15, -0.1) is 0 Å². The van der Waals surface area contributed by atoms with Crippen molar-refractivity contribution in [1.82, 2.24) is 4.98 Å². The molecular weight excluding hydrogens is 552 g/mol. The number of anilines is 1. The van der Waals surface area contributed by atoms with Crippen LogP contribution >= 0.6 is 15.9 Å². The lowest BCUT2D eigenvalue weighted by Gasteiger charge is -2.17. The quantitative estimate of drug-likeness (QED) is 0.227. The van der Waals surface area contributed by atoms with Gasteiger partial charge >= 0.3 is 17.6 Å². The summed E-state index contributed by atoms with van der Waals surface area (Å²) in [6, 6.07) is 4.99. The van der Waals surface area contributed by atoms with E-state index in [1.165, 1.54) is 13.2 Å². The van der Waals surface area contributed by atoms with E-state index < -0.39 is 67.0 Å². The molecule has 0 unspecified atom stereocenters. The number of nitrogens with two attached hydrogens (primary N) is 1. The third kappa shape index (κ3) is 4.64. The van der Waals surface area contributed by atoms with E-state index in [-0.39, 0.29) is 21.5 Å². The standard InChI is InChI=1S/C20H13BrN4O11/c1-35-12-5-7(13-14(19(27)28)17(22)23-18(26)15(13)20(29)30)4-9(21)16(12)36-11-3-2-8(24(31)32)6-10(11)25(33)34/h2-6H,1H3,(H,27,28)(H,29,30)(H3,22,23,26). The normalized spacial score (nSPS) is 10.5. The van der Waals surface area contributed by atoms with E-state index >= 15 is 0 Å². The molecule has 186 valence electrons. The Bertz CT molecular complexity index is 1520. The fourth-order valence-electron chi connectivity index (χ4n) is 3.26. The number of nitro benzene ring substituents is 2. The Morgan fingerprint density at radius 3 is 2.19 bits per heavy atom. The van der Waals surface area contributed by atoms with E-state index in [2.05, 4.69) is 15.9 Å². The fraction of sp³-hybridized carbons (Fsp3) is 0.0500.